The van der Waals surface area contributed by atoms with Crippen LogP contribution in [0.2, 0.25) is 0 Å². The molecule has 0 heterocycles. The summed E-state index contributed by atoms with van der Waals surface area (Å²) < 4.78 is 23.6. The van der Waals surface area contributed by atoms with Crippen LogP contribution < -0.4 is 14.8 Å². The first-order valence-corrected chi connectivity index (χ1v) is 7.00. The number of carbonyl (C=O) groups is 1. The number of allylic oxidation sites excluding steroid dienone is 1. The molecule has 5 heteroatoms. The van der Waals surface area contributed by atoms with E-state index in [0.29, 0.717) is 17.2 Å². The summed E-state index contributed by atoms with van der Waals surface area (Å²) in [5.74, 6) is 0.533. The highest BCUT2D eigenvalue weighted by Crippen LogP contribution is 2.29. The van der Waals surface area contributed by atoms with Crippen molar-refractivity contribution in [3.05, 3.63) is 59.9 Å². The van der Waals surface area contributed by atoms with Crippen LogP contribution in [0.25, 0.3) is 5.57 Å². The van der Waals surface area contributed by atoms with Crippen LogP contribution >= 0.6 is 0 Å². The molecule has 0 saturated carbocycles. The van der Waals surface area contributed by atoms with Gasteiger partial charge in [0.25, 0.3) is 0 Å². The molecule has 0 atom stereocenters. The summed E-state index contributed by atoms with van der Waals surface area (Å²) in [7, 11) is 3.13. The fourth-order valence-corrected chi connectivity index (χ4v) is 2.14. The Kier molecular flexibility index (Phi) is 5.36. The largest absolute Gasteiger partial charge is 0.497 e. The SMILES string of the molecule is COc1ccc(/C(C)=C/C(=O)Nc2cccc(F)c2)c(OC)c1. The maximum absolute atomic E-state index is 13.1. The molecule has 0 aliphatic carbocycles. The highest BCUT2D eigenvalue weighted by Gasteiger charge is 2.09. The Morgan fingerprint density at radius 1 is 1.13 bits per heavy atom. The van der Waals surface area contributed by atoms with Gasteiger partial charge in [-0.2, -0.15) is 0 Å². The molecule has 0 aromatic heterocycles. The smallest absolute Gasteiger partial charge is 0.248 e. The summed E-state index contributed by atoms with van der Waals surface area (Å²) in [6.07, 6.45) is 1.44. The van der Waals surface area contributed by atoms with E-state index in [0.717, 1.165) is 11.1 Å². The molecule has 0 fully saturated rings. The zero-order chi connectivity index (χ0) is 16.8. The maximum Gasteiger partial charge on any atom is 0.248 e. The average molecular weight is 315 g/mol. The van der Waals surface area contributed by atoms with Gasteiger partial charge in [-0.3, -0.25) is 4.79 Å². The first-order chi connectivity index (χ1) is 11.0. The van der Waals surface area contributed by atoms with Crippen molar-refractivity contribution in [2.24, 2.45) is 0 Å². The monoisotopic (exact) mass is 315 g/mol. The van der Waals surface area contributed by atoms with E-state index in [1.807, 2.05) is 6.07 Å². The van der Waals surface area contributed by atoms with Crippen molar-refractivity contribution in [2.75, 3.05) is 19.5 Å². The van der Waals surface area contributed by atoms with E-state index in [2.05, 4.69) is 5.32 Å². The first-order valence-electron chi connectivity index (χ1n) is 7.00. The van der Waals surface area contributed by atoms with Gasteiger partial charge >= 0.3 is 0 Å². The standard InChI is InChI=1S/C18H18FNO3/c1-12(16-8-7-15(22-2)11-17(16)23-3)9-18(21)20-14-6-4-5-13(19)10-14/h4-11H,1-3H3,(H,20,21)/b12-9+. The predicted molar refractivity (Wildman–Crippen MR) is 88.2 cm³/mol. The van der Waals surface area contributed by atoms with Crippen molar-refractivity contribution in [1.82, 2.24) is 0 Å². The molecule has 0 spiro atoms. The molecule has 1 amide bonds. The van der Waals surface area contributed by atoms with Crippen LogP contribution in [0.1, 0.15) is 12.5 Å². The number of anilines is 1. The van der Waals surface area contributed by atoms with Crippen LogP contribution in [0, 0.1) is 5.82 Å². The van der Waals surface area contributed by atoms with Crippen LogP contribution in [-0.4, -0.2) is 20.1 Å². The van der Waals surface area contributed by atoms with Gasteiger partial charge in [0.05, 0.1) is 14.2 Å². The van der Waals surface area contributed by atoms with Gasteiger partial charge in [-0.15, -0.1) is 0 Å². The van der Waals surface area contributed by atoms with Gasteiger partial charge in [0.1, 0.15) is 17.3 Å². The van der Waals surface area contributed by atoms with Crippen molar-refractivity contribution < 1.29 is 18.7 Å². The Balaban J connectivity index is 2.20. The van der Waals surface area contributed by atoms with Gasteiger partial charge in [0.2, 0.25) is 5.91 Å². The van der Waals surface area contributed by atoms with Crippen LogP contribution in [0.4, 0.5) is 10.1 Å². The summed E-state index contributed by atoms with van der Waals surface area (Å²) in [5.41, 5.74) is 1.90. The van der Waals surface area contributed by atoms with Gasteiger partial charge in [-0.05, 0) is 42.8 Å². The number of halogens is 1. The fraction of sp³-hybridized carbons (Fsp3) is 0.167. The lowest BCUT2D eigenvalue weighted by molar-refractivity contribution is -0.111. The minimum atomic E-state index is -0.402. The minimum Gasteiger partial charge on any atom is -0.497 e. The molecule has 2 aromatic carbocycles. The molecule has 23 heavy (non-hydrogen) atoms. The van der Waals surface area contributed by atoms with E-state index in [4.69, 9.17) is 9.47 Å². The van der Waals surface area contributed by atoms with E-state index in [1.165, 1.54) is 24.3 Å². The molecule has 2 rings (SSSR count). The van der Waals surface area contributed by atoms with Crippen molar-refractivity contribution in [3.63, 3.8) is 0 Å². The molecule has 0 aliphatic rings. The third kappa shape index (κ3) is 4.32. The highest BCUT2D eigenvalue weighted by molar-refractivity contribution is 6.04. The Labute approximate surface area is 134 Å². The van der Waals surface area contributed by atoms with Gasteiger partial charge < -0.3 is 14.8 Å². The Morgan fingerprint density at radius 3 is 2.57 bits per heavy atom. The number of nitrogens with one attached hydrogen (secondary N) is 1. The topological polar surface area (TPSA) is 47.6 Å². The highest BCUT2D eigenvalue weighted by atomic mass is 19.1. The summed E-state index contributed by atoms with van der Waals surface area (Å²) >= 11 is 0. The van der Waals surface area contributed by atoms with Gasteiger partial charge in [0, 0.05) is 23.4 Å². The maximum atomic E-state index is 13.1. The van der Waals surface area contributed by atoms with E-state index < -0.39 is 5.82 Å². The molecule has 1 N–H and O–H groups in total. The third-order valence-corrected chi connectivity index (χ3v) is 3.27. The van der Waals surface area contributed by atoms with Crippen LogP contribution in [0.3, 0.4) is 0 Å². The lowest BCUT2D eigenvalue weighted by Gasteiger charge is -2.11. The Morgan fingerprint density at radius 2 is 1.91 bits per heavy atom. The first kappa shape index (κ1) is 16.5. The molecule has 0 unspecified atom stereocenters. The zero-order valence-corrected chi connectivity index (χ0v) is 13.2. The second-order valence-corrected chi connectivity index (χ2v) is 4.89. The van der Waals surface area contributed by atoms with Crippen LogP contribution in [0.15, 0.2) is 48.5 Å². The fourth-order valence-electron chi connectivity index (χ4n) is 2.14. The number of benzene rings is 2. The van der Waals surface area contributed by atoms with Gasteiger partial charge in [0.15, 0.2) is 0 Å². The number of methoxy groups -OCH3 is 2. The molecule has 4 nitrogen and oxygen atoms in total. The number of ether oxygens (including phenoxy) is 2. The Bertz CT molecular complexity index is 741. The zero-order valence-electron chi connectivity index (χ0n) is 13.2. The summed E-state index contributed by atoms with van der Waals surface area (Å²) in [6.45, 7) is 1.80. The van der Waals surface area contributed by atoms with Crippen LogP contribution in [-0.2, 0) is 4.79 Å². The summed E-state index contributed by atoms with van der Waals surface area (Å²) in [5, 5.41) is 2.62. The Hall–Kier alpha value is -2.82. The third-order valence-electron chi connectivity index (χ3n) is 3.27. The summed E-state index contributed by atoms with van der Waals surface area (Å²) in [6, 6.07) is 11.1. The van der Waals surface area contributed by atoms with Crippen molar-refractivity contribution in [1.29, 1.82) is 0 Å². The molecule has 0 bridgehead atoms. The molecule has 2 aromatic rings. The van der Waals surface area contributed by atoms with Gasteiger partial charge in [-0.1, -0.05) is 6.07 Å². The summed E-state index contributed by atoms with van der Waals surface area (Å²) in [4.78, 5) is 12.1. The molecule has 0 radical (unpaired) electrons. The average Bonchev–Trinajstić information content (AvgIpc) is 2.53. The van der Waals surface area contributed by atoms with Crippen molar-refractivity contribution >= 4 is 17.2 Å². The van der Waals surface area contributed by atoms with E-state index in [9.17, 15) is 9.18 Å². The normalized spacial score (nSPS) is 11.0. The molecule has 0 aliphatic heterocycles. The second kappa shape index (κ2) is 7.45. The number of hydrogen-bond donors (Lipinski definition) is 1. The number of amides is 1. The number of carbonyl (C=O) groups excluding carboxylic acids is 1. The van der Waals surface area contributed by atoms with E-state index >= 15 is 0 Å². The lowest BCUT2D eigenvalue weighted by Crippen LogP contribution is -2.08. The van der Waals surface area contributed by atoms with Crippen molar-refractivity contribution in [3.8, 4) is 11.5 Å². The molecule has 120 valence electrons. The quantitative estimate of drug-likeness (QED) is 0.852. The van der Waals surface area contributed by atoms with Crippen LogP contribution in [0.5, 0.6) is 11.5 Å². The minimum absolute atomic E-state index is 0.342. The molecular formula is C18H18FNO3. The predicted octanol–water partition coefficient (Wildman–Crippen LogP) is 3.88. The van der Waals surface area contributed by atoms with E-state index in [-0.39, 0.29) is 5.91 Å². The van der Waals surface area contributed by atoms with Gasteiger partial charge in [-0.25, -0.2) is 4.39 Å². The lowest BCUT2D eigenvalue weighted by atomic mass is 10.1. The number of hydrogen-bond acceptors (Lipinski definition) is 3. The molecule has 0 saturated heterocycles. The van der Waals surface area contributed by atoms with E-state index in [1.54, 1.807) is 39.3 Å². The number of rotatable bonds is 5. The molecular weight excluding hydrogens is 297 g/mol. The van der Waals surface area contributed by atoms with Crippen molar-refractivity contribution in [2.45, 2.75) is 6.92 Å². The second-order valence-electron chi connectivity index (χ2n) is 4.89.